The second-order valence-electron chi connectivity index (χ2n) is 3.89. The predicted molar refractivity (Wildman–Crippen MR) is 57.0 cm³/mol. The second-order valence-corrected chi connectivity index (χ2v) is 3.89. The van der Waals surface area contributed by atoms with Crippen LogP contribution in [0.1, 0.15) is 39.0 Å². The van der Waals surface area contributed by atoms with Crippen molar-refractivity contribution in [2.24, 2.45) is 11.8 Å². The summed E-state index contributed by atoms with van der Waals surface area (Å²) in [5.41, 5.74) is 0. The molecule has 3 nitrogen and oxygen atoms in total. The summed E-state index contributed by atoms with van der Waals surface area (Å²) in [6.07, 6.45) is 4.99. The van der Waals surface area contributed by atoms with Crippen LogP contribution in [0.5, 0.6) is 0 Å². The minimum absolute atomic E-state index is 0.00639. The van der Waals surface area contributed by atoms with Gasteiger partial charge in [0.2, 0.25) is 0 Å². The van der Waals surface area contributed by atoms with Gasteiger partial charge >= 0.3 is 0 Å². The summed E-state index contributed by atoms with van der Waals surface area (Å²) in [6.45, 7) is 2.44. The van der Waals surface area contributed by atoms with Crippen molar-refractivity contribution >= 4 is 0 Å². The van der Waals surface area contributed by atoms with Crippen LogP contribution in [0.25, 0.3) is 0 Å². The highest BCUT2D eigenvalue weighted by Gasteiger charge is 2.18. The van der Waals surface area contributed by atoms with E-state index in [-0.39, 0.29) is 25.7 Å². The van der Waals surface area contributed by atoms with Gasteiger partial charge in [-0.1, -0.05) is 26.2 Å². The molecule has 3 heteroatoms. The van der Waals surface area contributed by atoms with Crippen LogP contribution in [-0.4, -0.2) is 35.1 Å². The third-order valence-electron chi connectivity index (χ3n) is 2.80. The van der Waals surface area contributed by atoms with E-state index in [4.69, 9.17) is 15.3 Å². The minimum Gasteiger partial charge on any atom is -0.396 e. The van der Waals surface area contributed by atoms with E-state index in [9.17, 15) is 0 Å². The zero-order valence-corrected chi connectivity index (χ0v) is 9.15. The van der Waals surface area contributed by atoms with Gasteiger partial charge in [0, 0.05) is 25.7 Å². The van der Waals surface area contributed by atoms with Gasteiger partial charge in [-0.05, 0) is 18.8 Å². The van der Waals surface area contributed by atoms with Gasteiger partial charge in [0.15, 0.2) is 0 Å². The standard InChI is InChI=1S/C11H24O3/c1-2-3-5-10(6-4-7-12)11(8-13)9-14/h10-14H,2-9H2,1H3. The summed E-state index contributed by atoms with van der Waals surface area (Å²) in [5, 5.41) is 26.9. The first kappa shape index (κ1) is 13.9. The van der Waals surface area contributed by atoms with Crippen LogP contribution < -0.4 is 0 Å². The molecule has 86 valence electrons. The fourth-order valence-corrected chi connectivity index (χ4v) is 1.79. The van der Waals surface area contributed by atoms with E-state index < -0.39 is 0 Å². The van der Waals surface area contributed by atoms with E-state index in [2.05, 4.69) is 6.92 Å². The van der Waals surface area contributed by atoms with Gasteiger partial charge in [-0.3, -0.25) is 0 Å². The van der Waals surface area contributed by atoms with Gasteiger partial charge in [0.1, 0.15) is 0 Å². The highest BCUT2D eigenvalue weighted by Crippen LogP contribution is 2.23. The predicted octanol–water partition coefficient (Wildman–Crippen LogP) is 1.17. The molecule has 0 fully saturated rings. The van der Waals surface area contributed by atoms with Crippen molar-refractivity contribution in [3.8, 4) is 0 Å². The summed E-state index contributed by atoms with van der Waals surface area (Å²) in [4.78, 5) is 0. The van der Waals surface area contributed by atoms with Crippen molar-refractivity contribution in [3.05, 3.63) is 0 Å². The zero-order valence-electron chi connectivity index (χ0n) is 9.15. The van der Waals surface area contributed by atoms with Gasteiger partial charge in [-0.15, -0.1) is 0 Å². The molecule has 0 aromatic carbocycles. The van der Waals surface area contributed by atoms with Gasteiger partial charge in [0.25, 0.3) is 0 Å². The smallest absolute Gasteiger partial charge is 0.0483 e. The third kappa shape index (κ3) is 5.58. The van der Waals surface area contributed by atoms with E-state index in [1.807, 2.05) is 0 Å². The molecule has 0 bridgehead atoms. The van der Waals surface area contributed by atoms with Crippen LogP contribution in [-0.2, 0) is 0 Å². The molecule has 0 aromatic heterocycles. The van der Waals surface area contributed by atoms with Gasteiger partial charge < -0.3 is 15.3 Å². The van der Waals surface area contributed by atoms with E-state index in [0.29, 0.717) is 5.92 Å². The molecule has 14 heavy (non-hydrogen) atoms. The van der Waals surface area contributed by atoms with Crippen molar-refractivity contribution in [2.45, 2.75) is 39.0 Å². The summed E-state index contributed by atoms with van der Waals surface area (Å²) >= 11 is 0. The maximum absolute atomic E-state index is 9.07. The average Bonchev–Trinajstić information content (AvgIpc) is 2.22. The Morgan fingerprint density at radius 3 is 1.86 bits per heavy atom. The van der Waals surface area contributed by atoms with Crippen molar-refractivity contribution in [2.75, 3.05) is 19.8 Å². The average molecular weight is 204 g/mol. The largest absolute Gasteiger partial charge is 0.396 e. The maximum Gasteiger partial charge on any atom is 0.0483 e. The molecule has 0 rings (SSSR count). The number of aliphatic hydroxyl groups excluding tert-OH is 3. The lowest BCUT2D eigenvalue weighted by Gasteiger charge is -2.23. The van der Waals surface area contributed by atoms with E-state index in [1.54, 1.807) is 0 Å². The summed E-state index contributed by atoms with van der Waals surface area (Å²) in [5.74, 6) is 0.352. The monoisotopic (exact) mass is 204 g/mol. The van der Waals surface area contributed by atoms with Crippen molar-refractivity contribution in [1.29, 1.82) is 0 Å². The third-order valence-corrected chi connectivity index (χ3v) is 2.80. The van der Waals surface area contributed by atoms with E-state index in [0.717, 1.165) is 32.1 Å². The van der Waals surface area contributed by atoms with Crippen LogP contribution in [0.3, 0.4) is 0 Å². The van der Waals surface area contributed by atoms with Crippen LogP contribution in [0.2, 0.25) is 0 Å². The zero-order chi connectivity index (χ0) is 10.8. The first-order chi connectivity index (χ1) is 6.79. The van der Waals surface area contributed by atoms with Crippen LogP contribution >= 0.6 is 0 Å². The molecular weight excluding hydrogens is 180 g/mol. The molecule has 0 aliphatic rings. The summed E-state index contributed by atoms with van der Waals surface area (Å²) < 4.78 is 0. The van der Waals surface area contributed by atoms with Crippen LogP contribution in [0, 0.1) is 11.8 Å². The van der Waals surface area contributed by atoms with E-state index >= 15 is 0 Å². The Bertz CT molecular complexity index is 105. The fourth-order valence-electron chi connectivity index (χ4n) is 1.79. The van der Waals surface area contributed by atoms with E-state index in [1.165, 1.54) is 0 Å². The van der Waals surface area contributed by atoms with Gasteiger partial charge in [0.05, 0.1) is 0 Å². The molecule has 0 heterocycles. The van der Waals surface area contributed by atoms with Gasteiger partial charge in [-0.25, -0.2) is 0 Å². The number of unbranched alkanes of at least 4 members (excludes halogenated alkanes) is 1. The fraction of sp³-hybridized carbons (Fsp3) is 1.00. The van der Waals surface area contributed by atoms with Crippen molar-refractivity contribution in [3.63, 3.8) is 0 Å². The quantitative estimate of drug-likeness (QED) is 0.528. The molecule has 1 unspecified atom stereocenters. The SMILES string of the molecule is CCCCC(CCCO)C(CO)CO. The van der Waals surface area contributed by atoms with Crippen molar-refractivity contribution in [1.82, 2.24) is 0 Å². The van der Waals surface area contributed by atoms with Crippen LogP contribution in [0.4, 0.5) is 0 Å². The lowest BCUT2D eigenvalue weighted by atomic mass is 9.85. The minimum atomic E-state index is -0.00639. The maximum atomic E-state index is 9.07. The number of aliphatic hydroxyl groups is 3. The Kier molecular flexibility index (Phi) is 9.35. The number of hydrogen-bond donors (Lipinski definition) is 3. The van der Waals surface area contributed by atoms with Crippen molar-refractivity contribution < 1.29 is 15.3 Å². The summed E-state index contributed by atoms with van der Waals surface area (Å²) in [7, 11) is 0. The highest BCUT2D eigenvalue weighted by atomic mass is 16.3. The highest BCUT2D eigenvalue weighted by molar-refractivity contribution is 4.69. The normalized spacial score (nSPS) is 13.5. The van der Waals surface area contributed by atoms with Gasteiger partial charge in [-0.2, -0.15) is 0 Å². The molecule has 0 saturated heterocycles. The Hall–Kier alpha value is -0.120. The molecule has 0 aliphatic carbocycles. The van der Waals surface area contributed by atoms with Crippen LogP contribution in [0.15, 0.2) is 0 Å². The Morgan fingerprint density at radius 2 is 1.43 bits per heavy atom. The first-order valence-electron chi connectivity index (χ1n) is 5.62. The molecule has 0 aliphatic heterocycles. The lowest BCUT2D eigenvalue weighted by molar-refractivity contribution is 0.0929. The first-order valence-corrected chi connectivity index (χ1v) is 5.62. The number of hydrogen-bond acceptors (Lipinski definition) is 3. The molecule has 0 amide bonds. The molecule has 3 N–H and O–H groups in total. The topological polar surface area (TPSA) is 60.7 Å². The second kappa shape index (κ2) is 9.44. The molecule has 0 aromatic rings. The molecule has 1 atom stereocenters. The molecule has 0 spiro atoms. The Morgan fingerprint density at radius 1 is 0.857 bits per heavy atom. The Balaban J connectivity index is 3.92. The number of rotatable bonds is 9. The molecule has 0 radical (unpaired) electrons. The molecular formula is C11H24O3. The lowest BCUT2D eigenvalue weighted by Crippen LogP contribution is -2.22. The summed E-state index contributed by atoms with van der Waals surface area (Å²) in [6, 6.07) is 0. The Labute approximate surface area is 86.8 Å². The molecule has 0 saturated carbocycles.